The number of nitrogen functional groups attached to an aromatic ring is 1. The zero-order chi connectivity index (χ0) is 12.3. The van der Waals surface area contributed by atoms with Gasteiger partial charge in [-0.25, -0.2) is 4.98 Å². The van der Waals surface area contributed by atoms with Crippen molar-refractivity contribution in [2.45, 2.75) is 45.1 Å². The summed E-state index contributed by atoms with van der Waals surface area (Å²) in [5, 5.41) is 0. The Kier molecular flexibility index (Phi) is 3.66. The van der Waals surface area contributed by atoms with Crippen molar-refractivity contribution in [2.75, 3.05) is 5.73 Å². The molecule has 5 heteroatoms. The Morgan fingerprint density at radius 3 is 3.18 bits per heavy atom. The van der Waals surface area contributed by atoms with Crippen LogP contribution in [0.4, 0.5) is 5.69 Å². The molecule has 2 unspecified atom stereocenters. The molecule has 1 aromatic rings. The summed E-state index contributed by atoms with van der Waals surface area (Å²) < 4.78 is 5.74. The van der Waals surface area contributed by atoms with Crippen molar-refractivity contribution in [3.8, 4) is 5.88 Å². The van der Waals surface area contributed by atoms with E-state index in [2.05, 4.69) is 16.9 Å². The van der Waals surface area contributed by atoms with Crippen molar-refractivity contribution in [3.63, 3.8) is 0 Å². The van der Waals surface area contributed by atoms with Crippen molar-refractivity contribution in [1.29, 1.82) is 0 Å². The SMILES string of the molecule is CCC1CCCC(Oc2nc[nH]c(=O)c2N)C1. The standard InChI is InChI=1S/C12H19N3O2/c1-2-8-4-3-5-9(6-8)17-12-10(13)11(16)14-7-15-12/h7-9H,2-6,13H2,1H3,(H,14,15,16). The predicted molar refractivity (Wildman–Crippen MR) is 65.9 cm³/mol. The second kappa shape index (κ2) is 5.21. The molecule has 1 saturated carbocycles. The van der Waals surface area contributed by atoms with Gasteiger partial charge in [0.2, 0.25) is 5.88 Å². The first kappa shape index (κ1) is 12.0. The van der Waals surface area contributed by atoms with E-state index in [1.807, 2.05) is 0 Å². The largest absolute Gasteiger partial charge is 0.473 e. The summed E-state index contributed by atoms with van der Waals surface area (Å²) in [7, 11) is 0. The summed E-state index contributed by atoms with van der Waals surface area (Å²) in [4.78, 5) is 17.7. The van der Waals surface area contributed by atoms with Gasteiger partial charge in [-0.1, -0.05) is 19.8 Å². The van der Waals surface area contributed by atoms with E-state index >= 15 is 0 Å². The van der Waals surface area contributed by atoms with Gasteiger partial charge in [0.15, 0.2) is 5.69 Å². The Morgan fingerprint density at radius 1 is 1.59 bits per heavy atom. The molecule has 2 atom stereocenters. The van der Waals surface area contributed by atoms with Crippen LogP contribution in [0.5, 0.6) is 5.88 Å². The molecular formula is C12H19N3O2. The molecule has 0 spiro atoms. The summed E-state index contributed by atoms with van der Waals surface area (Å²) in [6.45, 7) is 2.20. The van der Waals surface area contributed by atoms with Crippen molar-refractivity contribution >= 4 is 5.69 Å². The molecule has 0 aliphatic heterocycles. The Labute approximate surface area is 100 Å². The summed E-state index contributed by atoms with van der Waals surface area (Å²) in [6.07, 6.45) is 7.15. The molecule has 1 aromatic heterocycles. The number of H-pyrrole nitrogens is 1. The molecule has 0 saturated heterocycles. The van der Waals surface area contributed by atoms with Gasteiger partial charge < -0.3 is 15.5 Å². The first-order valence-corrected chi connectivity index (χ1v) is 6.20. The van der Waals surface area contributed by atoms with Crippen LogP contribution in [0.3, 0.4) is 0 Å². The van der Waals surface area contributed by atoms with Crippen LogP contribution in [0.1, 0.15) is 39.0 Å². The van der Waals surface area contributed by atoms with E-state index in [0.717, 1.165) is 18.8 Å². The number of anilines is 1. The van der Waals surface area contributed by atoms with Crippen molar-refractivity contribution in [3.05, 3.63) is 16.7 Å². The van der Waals surface area contributed by atoms with Crippen molar-refractivity contribution in [2.24, 2.45) is 5.92 Å². The number of aromatic nitrogens is 2. The topological polar surface area (TPSA) is 81.0 Å². The third kappa shape index (κ3) is 2.78. The quantitative estimate of drug-likeness (QED) is 0.838. The molecule has 1 aliphatic rings. The van der Waals surface area contributed by atoms with Crippen molar-refractivity contribution in [1.82, 2.24) is 9.97 Å². The molecule has 5 nitrogen and oxygen atoms in total. The third-order valence-corrected chi connectivity index (χ3v) is 3.44. The van der Waals surface area contributed by atoms with E-state index in [1.54, 1.807) is 0 Å². The minimum Gasteiger partial charge on any atom is -0.473 e. The van der Waals surface area contributed by atoms with Gasteiger partial charge in [0.25, 0.3) is 5.56 Å². The van der Waals surface area contributed by atoms with Gasteiger partial charge in [-0.2, -0.15) is 0 Å². The van der Waals surface area contributed by atoms with Crippen molar-refractivity contribution < 1.29 is 4.74 Å². The number of nitrogens with two attached hydrogens (primary N) is 1. The lowest BCUT2D eigenvalue weighted by Crippen LogP contribution is -2.27. The highest BCUT2D eigenvalue weighted by molar-refractivity contribution is 5.44. The average Bonchev–Trinajstić information content (AvgIpc) is 2.35. The second-order valence-electron chi connectivity index (χ2n) is 4.63. The number of rotatable bonds is 3. The Morgan fingerprint density at radius 2 is 2.41 bits per heavy atom. The lowest BCUT2D eigenvalue weighted by Gasteiger charge is -2.28. The average molecular weight is 237 g/mol. The van der Waals surface area contributed by atoms with Gasteiger partial charge in [0.1, 0.15) is 6.10 Å². The minimum atomic E-state index is -0.335. The lowest BCUT2D eigenvalue weighted by molar-refractivity contribution is 0.117. The van der Waals surface area contributed by atoms with Gasteiger partial charge >= 0.3 is 0 Å². The molecule has 94 valence electrons. The number of aromatic amines is 1. The number of hydrogen-bond acceptors (Lipinski definition) is 4. The van der Waals surface area contributed by atoms with Gasteiger partial charge in [-0.3, -0.25) is 4.79 Å². The van der Waals surface area contributed by atoms with Crippen LogP contribution < -0.4 is 16.0 Å². The van der Waals surface area contributed by atoms with Gasteiger partial charge in [0, 0.05) is 0 Å². The summed E-state index contributed by atoms with van der Waals surface area (Å²) >= 11 is 0. The Hall–Kier alpha value is -1.52. The maximum absolute atomic E-state index is 11.3. The maximum atomic E-state index is 11.3. The summed E-state index contributed by atoms with van der Waals surface area (Å²) in [5.41, 5.74) is 5.38. The van der Waals surface area contributed by atoms with E-state index in [-0.39, 0.29) is 23.2 Å². The van der Waals surface area contributed by atoms with E-state index in [4.69, 9.17) is 10.5 Å². The molecule has 17 heavy (non-hydrogen) atoms. The zero-order valence-corrected chi connectivity index (χ0v) is 10.1. The number of nitrogens with zero attached hydrogens (tertiary/aromatic N) is 1. The Bertz CT molecular complexity index is 430. The Balaban J connectivity index is 2.05. The molecular weight excluding hydrogens is 218 g/mol. The fourth-order valence-corrected chi connectivity index (χ4v) is 2.37. The summed E-state index contributed by atoms with van der Waals surface area (Å²) in [5.74, 6) is 0.993. The molecule has 2 rings (SSSR count). The second-order valence-corrected chi connectivity index (χ2v) is 4.63. The van der Waals surface area contributed by atoms with E-state index < -0.39 is 0 Å². The third-order valence-electron chi connectivity index (χ3n) is 3.44. The maximum Gasteiger partial charge on any atom is 0.277 e. The molecule has 0 radical (unpaired) electrons. The molecule has 3 N–H and O–H groups in total. The minimum absolute atomic E-state index is 0.0751. The van der Waals surface area contributed by atoms with Gasteiger partial charge in [0.05, 0.1) is 6.33 Å². The van der Waals surface area contributed by atoms with Crippen LogP contribution in [0, 0.1) is 5.92 Å². The number of ether oxygens (including phenoxy) is 1. The van der Waals surface area contributed by atoms with Crippen LogP contribution in [-0.4, -0.2) is 16.1 Å². The smallest absolute Gasteiger partial charge is 0.277 e. The highest BCUT2D eigenvalue weighted by Gasteiger charge is 2.23. The molecule has 0 bridgehead atoms. The normalized spacial score (nSPS) is 24.5. The van der Waals surface area contributed by atoms with Crippen LogP contribution in [0.25, 0.3) is 0 Å². The number of hydrogen-bond donors (Lipinski definition) is 2. The highest BCUT2D eigenvalue weighted by atomic mass is 16.5. The monoisotopic (exact) mass is 237 g/mol. The first-order chi connectivity index (χ1) is 8.20. The van der Waals surface area contributed by atoms with Crippen LogP contribution in [-0.2, 0) is 0 Å². The first-order valence-electron chi connectivity index (χ1n) is 6.20. The van der Waals surface area contributed by atoms with Crippen LogP contribution >= 0.6 is 0 Å². The lowest BCUT2D eigenvalue weighted by atomic mass is 9.85. The molecule has 0 amide bonds. The zero-order valence-electron chi connectivity index (χ0n) is 10.1. The van der Waals surface area contributed by atoms with Crippen LogP contribution in [0.2, 0.25) is 0 Å². The van der Waals surface area contributed by atoms with E-state index in [9.17, 15) is 4.79 Å². The van der Waals surface area contributed by atoms with Gasteiger partial charge in [-0.05, 0) is 25.2 Å². The number of nitrogens with one attached hydrogen (secondary N) is 1. The molecule has 1 aliphatic carbocycles. The summed E-state index contributed by atoms with van der Waals surface area (Å²) in [6, 6.07) is 0. The predicted octanol–water partition coefficient (Wildman–Crippen LogP) is 1.70. The molecule has 1 heterocycles. The van der Waals surface area contributed by atoms with E-state index in [1.165, 1.54) is 25.6 Å². The fourth-order valence-electron chi connectivity index (χ4n) is 2.37. The highest BCUT2D eigenvalue weighted by Crippen LogP contribution is 2.29. The molecule has 0 aromatic carbocycles. The molecule has 1 fully saturated rings. The van der Waals surface area contributed by atoms with Gasteiger partial charge in [-0.15, -0.1) is 0 Å². The fraction of sp³-hybridized carbons (Fsp3) is 0.667. The van der Waals surface area contributed by atoms with E-state index in [0.29, 0.717) is 0 Å². The van der Waals surface area contributed by atoms with Crippen LogP contribution in [0.15, 0.2) is 11.1 Å².